The molecule has 1 amide bonds. The lowest BCUT2D eigenvalue weighted by Crippen LogP contribution is -2.31. The van der Waals surface area contributed by atoms with Gasteiger partial charge in [-0.1, -0.05) is 50.2 Å². The van der Waals surface area contributed by atoms with Crippen LogP contribution < -0.4 is 0 Å². The van der Waals surface area contributed by atoms with E-state index in [1.54, 1.807) is 4.90 Å². The van der Waals surface area contributed by atoms with Crippen LogP contribution in [-0.4, -0.2) is 51.8 Å². The first-order valence-corrected chi connectivity index (χ1v) is 10.0. The largest absolute Gasteiger partial charge is 0.340 e. The van der Waals surface area contributed by atoms with E-state index in [9.17, 15) is 4.79 Å². The molecular formula is C23H30N4O. The monoisotopic (exact) mass is 378 g/mol. The van der Waals surface area contributed by atoms with Crippen LogP contribution in [0.25, 0.3) is 5.65 Å². The number of amides is 1. The predicted molar refractivity (Wildman–Crippen MR) is 114 cm³/mol. The van der Waals surface area contributed by atoms with Gasteiger partial charge < -0.3 is 9.30 Å². The number of fused-ring (bicyclic) bond motifs is 1. The molecule has 0 saturated carbocycles. The highest BCUT2D eigenvalue weighted by atomic mass is 16.2. The van der Waals surface area contributed by atoms with Gasteiger partial charge in [0.25, 0.3) is 5.91 Å². The Hall–Kier alpha value is -2.66. The lowest BCUT2D eigenvalue weighted by molar-refractivity contribution is 0.0789. The van der Waals surface area contributed by atoms with Crippen LogP contribution in [0.5, 0.6) is 0 Å². The first-order valence-electron chi connectivity index (χ1n) is 10.0. The van der Waals surface area contributed by atoms with Crippen molar-refractivity contribution in [3.05, 3.63) is 71.2 Å². The fourth-order valence-corrected chi connectivity index (χ4v) is 3.46. The molecule has 3 rings (SSSR count). The minimum absolute atomic E-state index is 0.0128. The van der Waals surface area contributed by atoms with Crippen LogP contribution in [0.3, 0.4) is 0 Å². The van der Waals surface area contributed by atoms with Crippen LogP contribution >= 0.6 is 0 Å². The Balaban J connectivity index is 1.89. The van der Waals surface area contributed by atoms with Gasteiger partial charge in [-0.3, -0.25) is 9.69 Å². The first-order chi connectivity index (χ1) is 13.5. The van der Waals surface area contributed by atoms with Gasteiger partial charge in [0.05, 0.1) is 5.69 Å². The van der Waals surface area contributed by atoms with Gasteiger partial charge in [-0.05, 0) is 43.6 Å². The van der Waals surface area contributed by atoms with E-state index in [2.05, 4.69) is 35.3 Å². The quantitative estimate of drug-likeness (QED) is 0.599. The van der Waals surface area contributed by atoms with E-state index in [0.717, 1.165) is 36.4 Å². The maximum atomic E-state index is 13.3. The molecular weight excluding hydrogens is 348 g/mol. The van der Waals surface area contributed by atoms with Crippen LogP contribution in [0.2, 0.25) is 0 Å². The molecule has 0 saturated heterocycles. The number of imidazole rings is 1. The average Bonchev–Trinajstić information content (AvgIpc) is 3.10. The van der Waals surface area contributed by atoms with Crippen molar-refractivity contribution in [1.82, 2.24) is 19.2 Å². The Morgan fingerprint density at radius 2 is 1.79 bits per heavy atom. The fourth-order valence-electron chi connectivity index (χ4n) is 3.46. The summed E-state index contributed by atoms with van der Waals surface area (Å²) in [7, 11) is 1.86. The minimum Gasteiger partial charge on any atom is -0.340 e. The Bertz CT molecular complexity index is 928. The van der Waals surface area contributed by atoms with Gasteiger partial charge in [0.2, 0.25) is 0 Å². The SMILES string of the molecule is CCN(CC)Cc1c(C(=O)N(C)CCc2ccccc2)nc2c(C)cccn12. The summed E-state index contributed by atoms with van der Waals surface area (Å²) in [6.07, 6.45) is 2.84. The van der Waals surface area contributed by atoms with Crippen molar-refractivity contribution in [1.29, 1.82) is 0 Å². The van der Waals surface area contributed by atoms with Crippen LogP contribution in [0, 0.1) is 6.92 Å². The number of carbonyl (C=O) groups excluding carboxylic acids is 1. The summed E-state index contributed by atoms with van der Waals surface area (Å²) >= 11 is 0. The molecule has 0 N–H and O–H groups in total. The van der Waals surface area contributed by atoms with Crippen molar-refractivity contribution in [3.8, 4) is 0 Å². The minimum atomic E-state index is -0.0128. The van der Waals surface area contributed by atoms with E-state index in [-0.39, 0.29) is 5.91 Å². The van der Waals surface area contributed by atoms with Gasteiger partial charge in [0, 0.05) is 26.3 Å². The molecule has 0 aliphatic carbocycles. The number of hydrogen-bond acceptors (Lipinski definition) is 3. The number of benzene rings is 1. The molecule has 0 bridgehead atoms. The Kier molecular flexibility index (Phi) is 6.47. The first kappa shape index (κ1) is 20.1. The Labute approximate surface area is 167 Å². The summed E-state index contributed by atoms with van der Waals surface area (Å²) in [5.74, 6) is -0.0128. The smallest absolute Gasteiger partial charge is 0.274 e. The number of rotatable bonds is 8. The summed E-state index contributed by atoms with van der Waals surface area (Å²) in [5, 5.41) is 0. The number of hydrogen-bond donors (Lipinski definition) is 0. The van der Waals surface area contributed by atoms with E-state index < -0.39 is 0 Å². The number of carbonyl (C=O) groups is 1. The maximum Gasteiger partial charge on any atom is 0.274 e. The third kappa shape index (κ3) is 4.25. The van der Waals surface area contributed by atoms with Crippen molar-refractivity contribution in [3.63, 3.8) is 0 Å². The maximum absolute atomic E-state index is 13.3. The second-order valence-electron chi connectivity index (χ2n) is 7.22. The molecule has 28 heavy (non-hydrogen) atoms. The molecule has 5 heteroatoms. The topological polar surface area (TPSA) is 40.9 Å². The van der Waals surface area contributed by atoms with E-state index in [1.165, 1.54) is 5.56 Å². The van der Waals surface area contributed by atoms with Gasteiger partial charge >= 0.3 is 0 Å². The van der Waals surface area contributed by atoms with Gasteiger partial charge in [0.1, 0.15) is 5.65 Å². The molecule has 0 unspecified atom stereocenters. The van der Waals surface area contributed by atoms with Crippen molar-refractivity contribution in [2.45, 2.75) is 33.7 Å². The highest BCUT2D eigenvalue weighted by molar-refractivity contribution is 5.94. The van der Waals surface area contributed by atoms with Crippen molar-refractivity contribution >= 4 is 11.6 Å². The molecule has 1 aromatic carbocycles. The number of pyridine rings is 1. The van der Waals surface area contributed by atoms with Crippen LogP contribution in [0.1, 0.15) is 41.2 Å². The van der Waals surface area contributed by atoms with Gasteiger partial charge in [-0.25, -0.2) is 4.98 Å². The number of likely N-dealkylation sites (N-methyl/N-ethyl adjacent to an activating group) is 1. The second-order valence-corrected chi connectivity index (χ2v) is 7.22. The molecule has 148 valence electrons. The normalized spacial score (nSPS) is 11.3. The zero-order valence-corrected chi connectivity index (χ0v) is 17.4. The van der Waals surface area contributed by atoms with Gasteiger partial charge in [-0.2, -0.15) is 0 Å². The van der Waals surface area contributed by atoms with E-state index in [1.807, 2.05) is 50.5 Å². The highest BCUT2D eigenvalue weighted by Gasteiger charge is 2.23. The standard InChI is InChI=1S/C23H30N4O/c1-5-26(6-2)17-20-21(24-22-18(3)11-10-15-27(20)22)23(28)25(4)16-14-19-12-8-7-9-13-19/h7-13,15H,5-6,14,16-17H2,1-4H3. The number of nitrogens with zero attached hydrogens (tertiary/aromatic N) is 4. The molecule has 0 aliphatic heterocycles. The lowest BCUT2D eigenvalue weighted by atomic mass is 10.1. The van der Waals surface area contributed by atoms with Crippen molar-refractivity contribution in [2.75, 3.05) is 26.7 Å². The molecule has 0 radical (unpaired) electrons. The molecule has 0 spiro atoms. The van der Waals surface area contributed by atoms with Gasteiger partial charge in [-0.15, -0.1) is 0 Å². The van der Waals surface area contributed by atoms with Gasteiger partial charge in [0.15, 0.2) is 5.69 Å². The Morgan fingerprint density at radius 3 is 2.46 bits per heavy atom. The zero-order chi connectivity index (χ0) is 20.1. The predicted octanol–water partition coefficient (Wildman–Crippen LogP) is 3.80. The molecule has 0 atom stereocenters. The number of aromatic nitrogens is 2. The summed E-state index contributed by atoms with van der Waals surface area (Å²) < 4.78 is 2.08. The zero-order valence-electron chi connectivity index (χ0n) is 17.4. The summed E-state index contributed by atoms with van der Waals surface area (Å²) in [6, 6.07) is 14.3. The van der Waals surface area contributed by atoms with E-state index in [0.29, 0.717) is 18.8 Å². The van der Waals surface area contributed by atoms with Crippen LogP contribution in [0.4, 0.5) is 0 Å². The third-order valence-electron chi connectivity index (χ3n) is 5.34. The summed E-state index contributed by atoms with van der Waals surface area (Å²) in [6.45, 7) is 9.58. The van der Waals surface area contributed by atoms with Crippen LogP contribution in [0.15, 0.2) is 48.7 Å². The summed E-state index contributed by atoms with van der Waals surface area (Å²) in [5.41, 5.74) is 4.71. The lowest BCUT2D eigenvalue weighted by Gasteiger charge is -2.20. The summed E-state index contributed by atoms with van der Waals surface area (Å²) in [4.78, 5) is 22.1. The average molecular weight is 379 g/mol. The van der Waals surface area contributed by atoms with Crippen molar-refractivity contribution in [2.24, 2.45) is 0 Å². The van der Waals surface area contributed by atoms with Crippen LogP contribution in [-0.2, 0) is 13.0 Å². The molecule has 3 aromatic rings. The molecule has 2 aromatic heterocycles. The van der Waals surface area contributed by atoms with Crippen molar-refractivity contribution < 1.29 is 4.79 Å². The molecule has 2 heterocycles. The van der Waals surface area contributed by atoms with E-state index >= 15 is 0 Å². The Morgan fingerprint density at radius 1 is 1.07 bits per heavy atom. The molecule has 0 aliphatic rings. The second kappa shape index (κ2) is 9.02. The number of aryl methyl sites for hydroxylation is 1. The van der Waals surface area contributed by atoms with E-state index in [4.69, 9.17) is 4.98 Å². The fraction of sp³-hybridized carbons (Fsp3) is 0.391. The molecule has 0 fully saturated rings. The highest BCUT2D eigenvalue weighted by Crippen LogP contribution is 2.19. The molecule has 5 nitrogen and oxygen atoms in total. The third-order valence-corrected chi connectivity index (χ3v) is 5.34.